The molecule has 0 radical (unpaired) electrons. The number of hydrogen-bond acceptors (Lipinski definition) is 6. The van der Waals surface area contributed by atoms with Crippen molar-refractivity contribution < 1.29 is 9.53 Å². The van der Waals surface area contributed by atoms with Gasteiger partial charge in [0.1, 0.15) is 11.4 Å². The van der Waals surface area contributed by atoms with Crippen molar-refractivity contribution in [1.82, 2.24) is 4.90 Å². The van der Waals surface area contributed by atoms with E-state index in [4.69, 9.17) is 4.74 Å². The van der Waals surface area contributed by atoms with Crippen molar-refractivity contribution in [3.05, 3.63) is 56.3 Å². The van der Waals surface area contributed by atoms with Crippen LogP contribution in [0.4, 0.5) is 16.2 Å². The van der Waals surface area contributed by atoms with E-state index >= 15 is 0 Å². The Labute approximate surface area is 170 Å². The molecule has 0 bridgehead atoms. The third-order valence-electron chi connectivity index (χ3n) is 5.45. The molecule has 1 fully saturated rings. The SMILES string of the molecule is CCOC(=O)N1CCC(Nc2c(NC(CC)Cc3ccccc3)c(=O)c2=O)CC1. The van der Waals surface area contributed by atoms with Gasteiger partial charge in [0.25, 0.3) is 10.9 Å². The number of benzene rings is 1. The van der Waals surface area contributed by atoms with Crippen molar-refractivity contribution in [3.8, 4) is 0 Å². The fraction of sp³-hybridized carbons (Fsp3) is 0.500. The number of amides is 1. The highest BCUT2D eigenvalue weighted by atomic mass is 16.6. The first-order chi connectivity index (χ1) is 14.0. The van der Waals surface area contributed by atoms with Crippen LogP contribution in [0.5, 0.6) is 0 Å². The first-order valence-electron chi connectivity index (χ1n) is 10.4. The lowest BCUT2D eigenvalue weighted by atomic mass is 10.0. The number of nitrogens with one attached hydrogen (secondary N) is 2. The molecule has 2 aromatic rings. The molecule has 1 saturated heterocycles. The van der Waals surface area contributed by atoms with Crippen molar-refractivity contribution >= 4 is 17.5 Å². The van der Waals surface area contributed by atoms with Gasteiger partial charge in [0.15, 0.2) is 0 Å². The summed E-state index contributed by atoms with van der Waals surface area (Å²) in [7, 11) is 0. The summed E-state index contributed by atoms with van der Waals surface area (Å²) >= 11 is 0. The first kappa shape index (κ1) is 20.9. The lowest BCUT2D eigenvalue weighted by molar-refractivity contribution is 0.0983. The van der Waals surface area contributed by atoms with E-state index in [0.717, 1.165) is 12.8 Å². The molecular formula is C22H29N3O4. The summed E-state index contributed by atoms with van der Waals surface area (Å²) in [6, 6.07) is 10.2. The van der Waals surface area contributed by atoms with Crippen LogP contribution in [0.15, 0.2) is 39.9 Å². The van der Waals surface area contributed by atoms with Crippen LogP contribution in [-0.2, 0) is 11.2 Å². The van der Waals surface area contributed by atoms with Crippen molar-refractivity contribution in [1.29, 1.82) is 0 Å². The minimum absolute atomic E-state index is 0.0544. The molecule has 1 heterocycles. The van der Waals surface area contributed by atoms with Crippen LogP contribution in [0.1, 0.15) is 38.7 Å². The zero-order valence-electron chi connectivity index (χ0n) is 17.1. The van der Waals surface area contributed by atoms with Crippen molar-refractivity contribution in [2.75, 3.05) is 30.3 Å². The molecule has 7 nitrogen and oxygen atoms in total. The Morgan fingerprint density at radius 3 is 2.38 bits per heavy atom. The minimum Gasteiger partial charge on any atom is -0.450 e. The van der Waals surface area contributed by atoms with Crippen LogP contribution in [0.2, 0.25) is 0 Å². The van der Waals surface area contributed by atoms with Gasteiger partial charge in [-0.05, 0) is 38.2 Å². The molecule has 3 rings (SSSR count). The summed E-state index contributed by atoms with van der Waals surface area (Å²) in [6.45, 7) is 5.34. The molecule has 1 aliphatic rings. The second-order valence-electron chi connectivity index (χ2n) is 7.45. The quantitative estimate of drug-likeness (QED) is 0.664. The van der Waals surface area contributed by atoms with E-state index in [0.29, 0.717) is 43.9 Å². The Hall–Kier alpha value is -2.83. The fourth-order valence-corrected chi connectivity index (χ4v) is 3.69. The molecule has 0 spiro atoms. The second kappa shape index (κ2) is 9.58. The van der Waals surface area contributed by atoms with Gasteiger partial charge >= 0.3 is 6.09 Å². The van der Waals surface area contributed by atoms with Gasteiger partial charge in [0, 0.05) is 25.2 Å². The lowest BCUT2D eigenvalue weighted by Gasteiger charge is -2.33. The van der Waals surface area contributed by atoms with Gasteiger partial charge in [-0.15, -0.1) is 0 Å². The Balaban J connectivity index is 1.59. The maximum atomic E-state index is 12.2. The van der Waals surface area contributed by atoms with E-state index in [1.165, 1.54) is 5.56 Å². The van der Waals surface area contributed by atoms with Gasteiger partial charge in [0.2, 0.25) is 0 Å². The largest absolute Gasteiger partial charge is 0.450 e. The third-order valence-corrected chi connectivity index (χ3v) is 5.45. The first-order valence-corrected chi connectivity index (χ1v) is 10.4. The van der Waals surface area contributed by atoms with Crippen LogP contribution in [0.3, 0.4) is 0 Å². The van der Waals surface area contributed by atoms with E-state index in [1.807, 2.05) is 18.2 Å². The number of likely N-dealkylation sites (tertiary alicyclic amines) is 1. The van der Waals surface area contributed by atoms with Gasteiger partial charge in [-0.2, -0.15) is 0 Å². The number of ether oxygens (including phenoxy) is 1. The summed E-state index contributed by atoms with van der Waals surface area (Å²) in [4.78, 5) is 37.8. The van der Waals surface area contributed by atoms with E-state index in [-0.39, 0.29) is 18.2 Å². The molecule has 1 aliphatic heterocycles. The highest BCUT2D eigenvalue weighted by Gasteiger charge is 2.28. The number of rotatable bonds is 8. The van der Waals surface area contributed by atoms with Gasteiger partial charge in [-0.25, -0.2) is 4.79 Å². The lowest BCUT2D eigenvalue weighted by Crippen LogP contribution is -2.46. The maximum Gasteiger partial charge on any atom is 0.409 e. The van der Waals surface area contributed by atoms with Gasteiger partial charge in [-0.1, -0.05) is 37.3 Å². The molecule has 1 atom stereocenters. The third kappa shape index (κ3) is 4.96. The minimum atomic E-state index is -0.463. The summed E-state index contributed by atoms with van der Waals surface area (Å²) in [5, 5.41) is 6.52. The van der Waals surface area contributed by atoms with Gasteiger partial charge in [0.05, 0.1) is 6.61 Å². The monoisotopic (exact) mass is 399 g/mol. The zero-order valence-corrected chi connectivity index (χ0v) is 17.1. The summed E-state index contributed by atoms with van der Waals surface area (Å²) < 4.78 is 5.03. The summed E-state index contributed by atoms with van der Waals surface area (Å²) in [6.07, 6.45) is 2.74. The fourth-order valence-electron chi connectivity index (χ4n) is 3.69. The average Bonchev–Trinajstić information content (AvgIpc) is 2.76. The van der Waals surface area contributed by atoms with Crippen molar-refractivity contribution in [3.63, 3.8) is 0 Å². The normalized spacial score (nSPS) is 15.9. The number of anilines is 2. The number of carbonyl (C=O) groups is 1. The molecule has 1 unspecified atom stereocenters. The molecule has 2 aromatic carbocycles. The molecule has 7 heteroatoms. The Morgan fingerprint density at radius 2 is 1.76 bits per heavy atom. The summed E-state index contributed by atoms with van der Waals surface area (Å²) in [5.41, 5.74) is 1.05. The van der Waals surface area contributed by atoms with Crippen LogP contribution < -0.4 is 21.5 Å². The number of carbonyl (C=O) groups excluding carboxylic acids is 1. The molecule has 156 valence electrons. The van der Waals surface area contributed by atoms with E-state index in [9.17, 15) is 14.4 Å². The Kier molecular flexibility index (Phi) is 6.90. The Morgan fingerprint density at radius 1 is 1.10 bits per heavy atom. The molecule has 1 amide bonds. The highest BCUT2D eigenvalue weighted by Crippen LogP contribution is 2.22. The van der Waals surface area contributed by atoms with Gasteiger partial charge < -0.3 is 20.3 Å². The predicted molar refractivity (Wildman–Crippen MR) is 114 cm³/mol. The van der Waals surface area contributed by atoms with Crippen LogP contribution in [-0.4, -0.2) is 42.8 Å². The Bertz CT molecular complexity index is 881. The van der Waals surface area contributed by atoms with E-state index < -0.39 is 10.9 Å². The number of hydrogen-bond donors (Lipinski definition) is 2. The van der Waals surface area contributed by atoms with Crippen LogP contribution in [0.25, 0.3) is 0 Å². The molecule has 0 saturated carbocycles. The zero-order chi connectivity index (χ0) is 20.8. The van der Waals surface area contributed by atoms with E-state index in [2.05, 4.69) is 29.7 Å². The highest BCUT2D eigenvalue weighted by molar-refractivity contribution is 5.74. The molecule has 0 aromatic heterocycles. The number of piperidine rings is 1. The molecule has 0 aliphatic carbocycles. The molecule has 2 N–H and O–H groups in total. The second-order valence-corrected chi connectivity index (χ2v) is 7.45. The van der Waals surface area contributed by atoms with Crippen molar-refractivity contribution in [2.45, 2.75) is 51.6 Å². The van der Waals surface area contributed by atoms with Crippen LogP contribution >= 0.6 is 0 Å². The number of nitrogens with zero attached hydrogens (tertiary/aromatic N) is 1. The summed E-state index contributed by atoms with van der Waals surface area (Å²) in [5.74, 6) is 0. The van der Waals surface area contributed by atoms with Crippen LogP contribution in [0, 0.1) is 0 Å². The maximum absolute atomic E-state index is 12.2. The molecular weight excluding hydrogens is 370 g/mol. The predicted octanol–water partition coefficient (Wildman–Crippen LogP) is 2.75. The smallest absolute Gasteiger partial charge is 0.409 e. The van der Waals surface area contributed by atoms with E-state index in [1.54, 1.807) is 11.8 Å². The standard InChI is InChI=1S/C22H29N3O4/c1-3-16(14-15-8-6-5-7-9-15)23-18-19(21(27)20(18)26)24-17-10-12-25(13-11-17)22(28)29-4-2/h5-9,16-17,23-24H,3-4,10-14H2,1-2H3. The average molecular weight is 399 g/mol. The molecule has 29 heavy (non-hydrogen) atoms. The van der Waals surface area contributed by atoms with Gasteiger partial charge in [-0.3, -0.25) is 9.59 Å². The topological polar surface area (TPSA) is 87.7 Å². The van der Waals surface area contributed by atoms with Crippen molar-refractivity contribution in [2.24, 2.45) is 0 Å².